The highest BCUT2D eigenvalue weighted by Gasteiger charge is 2.22. The fraction of sp³-hybridized carbons (Fsp3) is 0.750. The Labute approximate surface area is 56.7 Å². The number of hydrogen-bond acceptors (Lipinski definition) is 1. The third kappa shape index (κ3) is 2.19. The molecule has 1 saturated heterocycles. The second-order valence-electron chi connectivity index (χ2n) is 2.46. The van der Waals surface area contributed by atoms with Crippen LogP contribution in [0.1, 0.15) is 26.7 Å². The van der Waals surface area contributed by atoms with Crippen LogP contribution in [0.15, 0.2) is 11.6 Å². The van der Waals surface area contributed by atoms with E-state index in [0.29, 0.717) is 6.10 Å². The molecule has 0 N–H and O–H groups in total. The molecule has 1 atom stereocenters. The molecule has 0 bridgehead atoms. The number of epoxide rings is 1. The summed E-state index contributed by atoms with van der Waals surface area (Å²) in [6.07, 6.45) is 5.10. The molecule has 1 aliphatic rings. The molecule has 1 heteroatoms. The summed E-state index contributed by atoms with van der Waals surface area (Å²) in [4.78, 5) is 0. The predicted molar refractivity (Wildman–Crippen MR) is 38.4 cm³/mol. The third-order valence-corrected chi connectivity index (χ3v) is 1.75. The lowest BCUT2D eigenvalue weighted by molar-refractivity contribution is 0.406. The van der Waals surface area contributed by atoms with Gasteiger partial charge in [-0.25, -0.2) is 0 Å². The first-order valence-electron chi connectivity index (χ1n) is 3.62. The molecule has 0 aromatic heterocycles. The van der Waals surface area contributed by atoms with E-state index in [1.54, 1.807) is 0 Å². The molecular formula is C8H14O. The molecule has 0 aromatic carbocycles. The first kappa shape index (κ1) is 6.81. The van der Waals surface area contributed by atoms with E-state index in [1.165, 1.54) is 12.0 Å². The lowest BCUT2D eigenvalue weighted by atomic mass is 10.1. The highest BCUT2D eigenvalue weighted by molar-refractivity contribution is 5.02. The quantitative estimate of drug-likeness (QED) is 0.417. The van der Waals surface area contributed by atoms with Gasteiger partial charge in [0.25, 0.3) is 0 Å². The lowest BCUT2D eigenvalue weighted by Crippen LogP contribution is -1.87. The van der Waals surface area contributed by atoms with Gasteiger partial charge in [0.2, 0.25) is 0 Å². The zero-order valence-corrected chi connectivity index (χ0v) is 6.18. The molecule has 0 spiro atoms. The largest absolute Gasteiger partial charge is 0.373 e. The minimum Gasteiger partial charge on any atom is -0.373 e. The predicted octanol–water partition coefficient (Wildman–Crippen LogP) is 2.13. The van der Waals surface area contributed by atoms with Crippen LogP contribution < -0.4 is 0 Å². The van der Waals surface area contributed by atoms with Gasteiger partial charge in [-0.3, -0.25) is 0 Å². The zero-order chi connectivity index (χ0) is 6.69. The molecule has 1 fully saturated rings. The molecule has 52 valence electrons. The zero-order valence-electron chi connectivity index (χ0n) is 6.18. The number of ether oxygens (including phenoxy) is 1. The highest BCUT2D eigenvalue weighted by Crippen LogP contribution is 2.20. The topological polar surface area (TPSA) is 12.5 Å². The van der Waals surface area contributed by atoms with Crippen LogP contribution in [-0.2, 0) is 4.74 Å². The Morgan fingerprint density at radius 1 is 1.78 bits per heavy atom. The van der Waals surface area contributed by atoms with Crippen LogP contribution in [0.5, 0.6) is 0 Å². The summed E-state index contributed by atoms with van der Waals surface area (Å²) in [7, 11) is 0. The van der Waals surface area contributed by atoms with Crippen LogP contribution in [-0.4, -0.2) is 12.7 Å². The summed E-state index contributed by atoms with van der Waals surface area (Å²) in [6, 6.07) is 0. The van der Waals surface area contributed by atoms with E-state index in [0.717, 1.165) is 13.0 Å². The Hall–Kier alpha value is -0.300. The Balaban J connectivity index is 2.21. The van der Waals surface area contributed by atoms with E-state index >= 15 is 0 Å². The summed E-state index contributed by atoms with van der Waals surface area (Å²) in [5.74, 6) is 0. The molecule has 0 saturated carbocycles. The molecular weight excluding hydrogens is 112 g/mol. The van der Waals surface area contributed by atoms with Crippen molar-refractivity contribution in [3.63, 3.8) is 0 Å². The molecule has 1 rings (SSSR count). The van der Waals surface area contributed by atoms with Crippen LogP contribution in [0.3, 0.4) is 0 Å². The van der Waals surface area contributed by atoms with Gasteiger partial charge in [0.1, 0.15) is 0 Å². The molecule has 1 heterocycles. The standard InChI is InChI=1S/C8H14O/c1-3-7(4-2)5-8-6-9-8/h3,8H,4-6H2,1-2H3. The first-order chi connectivity index (χ1) is 4.36. The molecule has 1 aliphatic heterocycles. The lowest BCUT2D eigenvalue weighted by Gasteiger charge is -1.97. The van der Waals surface area contributed by atoms with E-state index in [2.05, 4.69) is 19.9 Å². The van der Waals surface area contributed by atoms with Gasteiger partial charge in [-0.1, -0.05) is 18.6 Å². The van der Waals surface area contributed by atoms with Crippen LogP contribution in [0.2, 0.25) is 0 Å². The van der Waals surface area contributed by atoms with Gasteiger partial charge >= 0.3 is 0 Å². The van der Waals surface area contributed by atoms with Gasteiger partial charge in [0.15, 0.2) is 0 Å². The van der Waals surface area contributed by atoms with Gasteiger partial charge < -0.3 is 4.74 Å². The average Bonchev–Trinajstić information content (AvgIpc) is 2.66. The highest BCUT2D eigenvalue weighted by atomic mass is 16.6. The van der Waals surface area contributed by atoms with Crippen LogP contribution in [0, 0.1) is 0 Å². The molecule has 0 aliphatic carbocycles. The van der Waals surface area contributed by atoms with Crippen LogP contribution >= 0.6 is 0 Å². The number of rotatable bonds is 3. The minimum atomic E-state index is 0.566. The van der Waals surface area contributed by atoms with E-state index in [4.69, 9.17) is 4.74 Å². The molecule has 0 aromatic rings. The first-order valence-corrected chi connectivity index (χ1v) is 3.62. The summed E-state index contributed by atoms with van der Waals surface area (Å²) < 4.78 is 5.10. The SMILES string of the molecule is CC=C(CC)CC1CO1. The smallest absolute Gasteiger partial charge is 0.0846 e. The Morgan fingerprint density at radius 2 is 2.44 bits per heavy atom. The summed E-state index contributed by atoms with van der Waals surface area (Å²) in [6.45, 7) is 5.27. The average molecular weight is 126 g/mol. The maximum absolute atomic E-state index is 5.10. The van der Waals surface area contributed by atoms with Gasteiger partial charge in [-0.2, -0.15) is 0 Å². The normalized spacial score (nSPS) is 26.4. The fourth-order valence-corrected chi connectivity index (χ4v) is 0.945. The summed E-state index contributed by atoms with van der Waals surface area (Å²) in [5.41, 5.74) is 1.53. The van der Waals surface area contributed by atoms with Crippen molar-refractivity contribution in [3.05, 3.63) is 11.6 Å². The van der Waals surface area contributed by atoms with Crippen LogP contribution in [0.4, 0.5) is 0 Å². The Bertz CT molecular complexity index is 112. The van der Waals surface area contributed by atoms with Crippen molar-refractivity contribution < 1.29 is 4.74 Å². The van der Waals surface area contributed by atoms with Crippen molar-refractivity contribution >= 4 is 0 Å². The third-order valence-electron chi connectivity index (χ3n) is 1.75. The van der Waals surface area contributed by atoms with Gasteiger partial charge in [0, 0.05) is 0 Å². The Kier molecular flexibility index (Phi) is 2.29. The molecule has 1 nitrogen and oxygen atoms in total. The second kappa shape index (κ2) is 3.02. The van der Waals surface area contributed by atoms with E-state index in [-0.39, 0.29) is 0 Å². The maximum atomic E-state index is 5.10. The molecule has 1 unspecified atom stereocenters. The van der Waals surface area contributed by atoms with Crippen molar-refractivity contribution in [3.8, 4) is 0 Å². The van der Waals surface area contributed by atoms with Crippen molar-refractivity contribution in [2.24, 2.45) is 0 Å². The number of hydrogen-bond donors (Lipinski definition) is 0. The molecule has 9 heavy (non-hydrogen) atoms. The molecule has 0 amide bonds. The summed E-state index contributed by atoms with van der Waals surface area (Å²) >= 11 is 0. The minimum absolute atomic E-state index is 0.566. The second-order valence-corrected chi connectivity index (χ2v) is 2.46. The van der Waals surface area contributed by atoms with Gasteiger partial charge in [-0.05, 0) is 19.8 Å². The van der Waals surface area contributed by atoms with Crippen molar-refractivity contribution in [2.45, 2.75) is 32.8 Å². The Morgan fingerprint density at radius 3 is 2.78 bits per heavy atom. The fourth-order valence-electron chi connectivity index (χ4n) is 0.945. The molecule has 0 radical (unpaired) electrons. The van der Waals surface area contributed by atoms with Crippen molar-refractivity contribution in [1.82, 2.24) is 0 Å². The van der Waals surface area contributed by atoms with E-state index < -0.39 is 0 Å². The van der Waals surface area contributed by atoms with Gasteiger partial charge in [0.05, 0.1) is 12.7 Å². The van der Waals surface area contributed by atoms with E-state index in [9.17, 15) is 0 Å². The van der Waals surface area contributed by atoms with Crippen molar-refractivity contribution in [2.75, 3.05) is 6.61 Å². The monoisotopic (exact) mass is 126 g/mol. The number of allylic oxidation sites excluding steroid dienone is 1. The summed E-state index contributed by atoms with van der Waals surface area (Å²) in [5, 5.41) is 0. The van der Waals surface area contributed by atoms with Gasteiger partial charge in [-0.15, -0.1) is 0 Å². The maximum Gasteiger partial charge on any atom is 0.0846 e. The van der Waals surface area contributed by atoms with Crippen molar-refractivity contribution in [1.29, 1.82) is 0 Å². The van der Waals surface area contributed by atoms with Crippen LogP contribution in [0.25, 0.3) is 0 Å². The van der Waals surface area contributed by atoms with E-state index in [1.807, 2.05) is 0 Å².